The molecule has 1 spiro atoms. The van der Waals surface area contributed by atoms with Gasteiger partial charge >= 0.3 is 0 Å². The molecule has 0 amide bonds. The minimum atomic E-state index is -0.511. The maximum absolute atomic E-state index is 2.54. The van der Waals surface area contributed by atoms with Crippen LogP contribution in [-0.2, 0) is 23.7 Å². The van der Waals surface area contributed by atoms with Gasteiger partial charge in [0.15, 0.2) is 0 Å². The van der Waals surface area contributed by atoms with Crippen LogP contribution in [0.2, 0.25) is 0 Å². The molecule has 0 heterocycles. The Morgan fingerprint density at radius 3 is 1.28 bits per heavy atom. The van der Waals surface area contributed by atoms with Gasteiger partial charge in [0.05, 0.1) is 5.41 Å². The molecule has 0 N–H and O–H groups in total. The Labute approximate surface area is 381 Å². The van der Waals surface area contributed by atoms with Crippen molar-refractivity contribution in [2.75, 3.05) is 4.90 Å². The molecule has 0 aliphatic heterocycles. The molecule has 0 atom stereocenters. The maximum atomic E-state index is 2.54. The quantitative estimate of drug-likeness (QED) is 0.155. The van der Waals surface area contributed by atoms with E-state index >= 15 is 0 Å². The third kappa shape index (κ3) is 5.72. The van der Waals surface area contributed by atoms with Gasteiger partial charge in [-0.25, -0.2) is 0 Å². The zero-order valence-electron chi connectivity index (χ0n) is 36.0. The van der Waals surface area contributed by atoms with Crippen molar-refractivity contribution in [3.8, 4) is 44.5 Å². The highest BCUT2D eigenvalue weighted by molar-refractivity contribution is 5.92. The van der Waals surface area contributed by atoms with Gasteiger partial charge in [0.25, 0.3) is 0 Å². The van der Waals surface area contributed by atoms with Gasteiger partial charge in [0.2, 0.25) is 0 Å². The van der Waals surface area contributed by atoms with Crippen molar-refractivity contribution in [3.63, 3.8) is 0 Å². The topological polar surface area (TPSA) is 3.24 Å². The Bertz CT molecular complexity index is 3340. The summed E-state index contributed by atoms with van der Waals surface area (Å²) in [5.41, 5.74) is 23.8. The summed E-state index contributed by atoms with van der Waals surface area (Å²) in [6.07, 6.45) is 1.95. The Morgan fingerprint density at radius 2 is 0.677 bits per heavy atom. The molecule has 1 heteroatoms. The highest BCUT2D eigenvalue weighted by Gasteiger charge is 2.48. The molecule has 0 saturated heterocycles. The zero-order valence-corrected chi connectivity index (χ0v) is 36.0. The van der Waals surface area contributed by atoms with Crippen LogP contribution in [0.15, 0.2) is 249 Å². The molecular formula is C64H45N. The van der Waals surface area contributed by atoms with Crippen LogP contribution in [0.1, 0.15) is 44.5 Å². The first-order valence-electron chi connectivity index (χ1n) is 22.9. The lowest BCUT2D eigenvalue weighted by Gasteiger charge is -2.35. The van der Waals surface area contributed by atoms with E-state index in [4.69, 9.17) is 0 Å². The lowest BCUT2D eigenvalue weighted by Crippen LogP contribution is -2.28. The van der Waals surface area contributed by atoms with E-state index in [0.29, 0.717) is 0 Å². The lowest BCUT2D eigenvalue weighted by atomic mass is 9.67. The van der Waals surface area contributed by atoms with Crippen molar-refractivity contribution in [2.24, 2.45) is 0 Å². The standard InChI is InChI=1S/C64H45N/c1-5-17-44(18-6-1)46-29-32-52(33-30-46)65(54-35-38-58-55-27-15-16-28-59(55)64(62(58)41-54,50-23-9-3-10-24-50)51-25-11-4-12-26-51)53-34-37-57-56-36-31-47(45-19-7-2-8-20-45)39-60(56)63(61(57)40-53)42-48-21-13-14-22-49(48)43-63/h1-41H,42-43H2. The van der Waals surface area contributed by atoms with Gasteiger partial charge < -0.3 is 4.90 Å². The number of anilines is 3. The van der Waals surface area contributed by atoms with Gasteiger partial charge in [-0.1, -0.05) is 206 Å². The first kappa shape index (κ1) is 37.5. The smallest absolute Gasteiger partial charge is 0.0714 e. The Hall–Kier alpha value is -8.00. The van der Waals surface area contributed by atoms with E-state index in [1.807, 2.05) is 0 Å². The van der Waals surface area contributed by atoms with Crippen LogP contribution in [0.25, 0.3) is 44.5 Å². The summed E-state index contributed by atoms with van der Waals surface area (Å²) >= 11 is 0. The number of benzene rings is 10. The molecule has 0 bridgehead atoms. The molecule has 3 aliphatic carbocycles. The number of nitrogens with zero attached hydrogens (tertiary/aromatic N) is 1. The van der Waals surface area contributed by atoms with Gasteiger partial charge in [0.1, 0.15) is 0 Å². The summed E-state index contributed by atoms with van der Waals surface area (Å²) in [6.45, 7) is 0. The van der Waals surface area contributed by atoms with Crippen molar-refractivity contribution in [1.29, 1.82) is 0 Å². The van der Waals surface area contributed by atoms with Crippen molar-refractivity contribution in [2.45, 2.75) is 23.7 Å². The summed E-state index contributed by atoms with van der Waals surface area (Å²) in [7, 11) is 0. The van der Waals surface area contributed by atoms with Crippen molar-refractivity contribution in [1.82, 2.24) is 0 Å². The highest BCUT2D eigenvalue weighted by atomic mass is 15.1. The van der Waals surface area contributed by atoms with Crippen LogP contribution in [0.3, 0.4) is 0 Å². The summed E-state index contributed by atoms with van der Waals surface area (Å²) in [5.74, 6) is 0. The summed E-state index contributed by atoms with van der Waals surface area (Å²) in [5, 5.41) is 0. The van der Waals surface area contributed by atoms with E-state index in [1.165, 1.54) is 89.0 Å². The average molecular weight is 828 g/mol. The Kier molecular flexibility index (Phi) is 8.55. The van der Waals surface area contributed by atoms with Gasteiger partial charge in [-0.3, -0.25) is 0 Å². The highest BCUT2D eigenvalue weighted by Crippen LogP contribution is 2.59. The van der Waals surface area contributed by atoms with Gasteiger partial charge in [-0.05, 0) is 144 Å². The van der Waals surface area contributed by atoms with E-state index < -0.39 is 5.41 Å². The zero-order chi connectivity index (χ0) is 43.0. The van der Waals surface area contributed by atoms with Crippen LogP contribution < -0.4 is 4.90 Å². The lowest BCUT2D eigenvalue weighted by molar-refractivity contribution is 0.564. The van der Waals surface area contributed by atoms with E-state index in [-0.39, 0.29) is 5.41 Å². The number of hydrogen-bond acceptors (Lipinski definition) is 1. The molecule has 10 aromatic rings. The van der Waals surface area contributed by atoms with Crippen LogP contribution >= 0.6 is 0 Å². The van der Waals surface area contributed by atoms with Crippen LogP contribution in [0.5, 0.6) is 0 Å². The molecule has 1 nitrogen and oxygen atoms in total. The van der Waals surface area contributed by atoms with E-state index in [1.54, 1.807) is 0 Å². The molecule has 3 aliphatic rings. The van der Waals surface area contributed by atoms with Crippen molar-refractivity contribution >= 4 is 17.1 Å². The van der Waals surface area contributed by atoms with Crippen LogP contribution in [-0.4, -0.2) is 0 Å². The molecule has 306 valence electrons. The largest absolute Gasteiger partial charge is 0.310 e. The average Bonchev–Trinajstić information content (AvgIpc) is 4.01. The fourth-order valence-electron chi connectivity index (χ4n) is 11.9. The van der Waals surface area contributed by atoms with Gasteiger partial charge in [-0.2, -0.15) is 0 Å². The molecule has 0 aromatic heterocycles. The summed E-state index contributed by atoms with van der Waals surface area (Å²) in [6, 6.07) is 92.9. The van der Waals surface area contributed by atoms with Gasteiger partial charge in [0, 0.05) is 22.5 Å². The Morgan fingerprint density at radius 1 is 0.277 bits per heavy atom. The van der Waals surface area contributed by atoms with E-state index in [9.17, 15) is 0 Å². The first-order chi connectivity index (χ1) is 32.2. The fraction of sp³-hybridized carbons (Fsp3) is 0.0625. The second-order valence-electron chi connectivity index (χ2n) is 18.1. The molecule has 0 unspecified atom stereocenters. The molecule has 13 rings (SSSR count). The van der Waals surface area contributed by atoms with Crippen LogP contribution in [0.4, 0.5) is 17.1 Å². The molecule has 0 saturated carbocycles. The van der Waals surface area contributed by atoms with Crippen molar-refractivity contribution in [3.05, 3.63) is 293 Å². The summed E-state index contributed by atoms with van der Waals surface area (Å²) in [4.78, 5) is 2.51. The molecule has 0 radical (unpaired) electrons. The van der Waals surface area contributed by atoms with Gasteiger partial charge in [-0.15, -0.1) is 0 Å². The minimum Gasteiger partial charge on any atom is -0.310 e. The minimum absolute atomic E-state index is 0.187. The maximum Gasteiger partial charge on any atom is 0.0714 e. The summed E-state index contributed by atoms with van der Waals surface area (Å²) < 4.78 is 0. The number of fused-ring (bicyclic) bond motifs is 9. The van der Waals surface area contributed by atoms with Crippen molar-refractivity contribution < 1.29 is 0 Å². The third-order valence-electron chi connectivity index (χ3n) is 14.7. The second-order valence-corrected chi connectivity index (χ2v) is 18.1. The Balaban J connectivity index is 1.03. The number of hydrogen-bond donors (Lipinski definition) is 0. The van der Waals surface area contributed by atoms with E-state index in [2.05, 4.69) is 254 Å². The second kappa shape index (κ2) is 14.8. The van der Waals surface area contributed by atoms with E-state index in [0.717, 1.165) is 29.9 Å². The number of rotatable bonds is 7. The molecule has 10 aromatic carbocycles. The predicted molar refractivity (Wildman–Crippen MR) is 269 cm³/mol. The SMILES string of the molecule is c1ccc(-c2ccc(N(c3ccc4c(c3)C3(Cc5ccccc5C3)c3cc(-c5ccccc5)ccc3-4)c3ccc4c(c3)C(c3ccccc3)(c3ccccc3)c3ccccc3-4)cc2)cc1. The third-order valence-corrected chi connectivity index (χ3v) is 14.7. The predicted octanol–water partition coefficient (Wildman–Crippen LogP) is 15.9. The molecular weight excluding hydrogens is 783 g/mol. The van der Waals surface area contributed by atoms with Crippen LogP contribution in [0, 0.1) is 0 Å². The first-order valence-corrected chi connectivity index (χ1v) is 22.9. The molecule has 65 heavy (non-hydrogen) atoms. The molecule has 0 fully saturated rings. The normalized spacial score (nSPS) is 14.3. The monoisotopic (exact) mass is 827 g/mol. The fourth-order valence-corrected chi connectivity index (χ4v) is 11.9.